The van der Waals surface area contributed by atoms with Gasteiger partial charge in [0.25, 0.3) is 0 Å². The monoisotopic (exact) mass is 407 g/mol. The maximum absolute atomic E-state index is 15.0. The normalized spacial score (nSPS) is 26.9. The molecule has 5 rings (SSSR count). The first-order valence-corrected chi connectivity index (χ1v) is 11.3. The average Bonchev–Trinajstić information content (AvgIpc) is 3.15. The van der Waals surface area contributed by atoms with Crippen LogP contribution in [0.25, 0.3) is 10.9 Å². The Bertz CT molecular complexity index is 938. The van der Waals surface area contributed by atoms with E-state index < -0.39 is 6.17 Å². The molecule has 0 bridgehead atoms. The van der Waals surface area contributed by atoms with E-state index in [0.717, 1.165) is 50.3 Å². The highest BCUT2D eigenvalue weighted by Crippen LogP contribution is 2.40. The van der Waals surface area contributed by atoms with Crippen LogP contribution in [0.4, 0.5) is 10.1 Å². The first-order valence-electron chi connectivity index (χ1n) is 11.3. The van der Waals surface area contributed by atoms with Crippen LogP contribution in [0.2, 0.25) is 0 Å². The quantitative estimate of drug-likeness (QED) is 0.846. The number of anilines is 1. The van der Waals surface area contributed by atoms with E-state index in [1.54, 1.807) is 6.20 Å². The topological polar surface area (TPSA) is 55.2 Å². The second-order valence-electron chi connectivity index (χ2n) is 9.38. The molecule has 0 radical (unpaired) electrons. The Kier molecular flexibility index (Phi) is 5.34. The van der Waals surface area contributed by atoms with Gasteiger partial charge >= 0.3 is 0 Å². The number of benzene rings is 1. The van der Waals surface area contributed by atoms with Gasteiger partial charge in [-0.3, -0.25) is 4.98 Å². The van der Waals surface area contributed by atoms with E-state index >= 15 is 4.39 Å². The van der Waals surface area contributed by atoms with Crippen LogP contribution in [0.5, 0.6) is 0 Å². The molecule has 5 nitrogen and oxygen atoms in total. The fourth-order valence-corrected chi connectivity index (χ4v) is 5.72. The van der Waals surface area contributed by atoms with Crippen LogP contribution in [0.1, 0.15) is 31.2 Å². The number of halogens is 1. The van der Waals surface area contributed by atoms with Gasteiger partial charge in [0.15, 0.2) is 0 Å². The lowest BCUT2D eigenvalue weighted by Gasteiger charge is -2.45. The zero-order valence-electron chi connectivity index (χ0n) is 17.5. The minimum Gasteiger partial charge on any atom is -0.368 e. The molecule has 3 aliphatic rings. The number of likely N-dealkylation sites (tertiary alicyclic amines) is 1. The second-order valence-corrected chi connectivity index (χ2v) is 9.38. The highest BCUT2D eigenvalue weighted by Gasteiger charge is 2.39. The lowest BCUT2D eigenvalue weighted by Crippen LogP contribution is -2.47. The fourth-order valence-electron chi connectivity index (χ4n) is 5.72. The molecule has 0 amide bonds. The van der Waals surface area contributed by atoms with Crippen LogP contribution in [-0.2, 0) is 0 Å². The molecule has 30 heavy (non-hydrogen) atoms. The lowest BCUT2D eigenvalue weighted by atomic mass is 9.71. The minimum absolute atomic E-state index is 0.0365. The average molecular weight is 408 g/mol. The third-order valence-corrected chi connectivity index (χ3v) is 7.64. The lowest BCUT2D eigenvalue weighted by molar-refractivity contribution is 0.0606. The van der Waals surface area contributed by atoms with Gasteiger partial charge in [0.2, 0.25) is 0 Å². The summed E-state index contributed by atoms with van der Waals surface area (Å²) in [6, 6.07) is 9.86. The summed E-state index contributed by atoms with van der Waals surface area (Å²) in [5, 5.41) is 13.8. The Morgan fingerprint density at radius 3 is 2.70 bits per heavy atom. The smallest absolute Gasteiger partial charge is 0.123 e. The SMILES string of the molecule is N#Cc1ccc(N2CC(F)[C@@H](CN3CCC4(CCNCC4)CC3)C2)c2cccnc12. The van der Waals surface area contributed by atoms with Gasteiger partial charge in [-0.05, 0) is 81.5 Å². The van der Waals surface area contributed by atoms with Crippen LogP contribution in [0.15, 0.2) is 30.5 Å². The Morgan fingerprint density at radius 2 is 1.93 bits per heavy atom. The first-order chi connectivity index (χ1) is 14.7. The number of nitrogens with zero attached hydrogens (tertiary/aromatic N) is 4. The summed E-state index contributed by atoms with van der Waals surface area (Å²) in [4.78, 5) is 9.05. The zero-order chi connectivity index (χ0) is 20.6. The van der Waals surface area contributed by atoms with Crippen molar-refractivity contribution in [3.05, 3.63) is 36.0 Å². The molecule has 3 saturated heterocycles. The van der Waals surface area contributed by atoms with Gasteiger partial charge in [-0.1, -0.05) is 0 Å². The number of nitrogens with one attached hydrogen (secondary N) is 1. The summed E-state index contributed by atoms with van der Waals surface area (Å²) in [5.41, 5.74) is 2.81. The van der Waals surface area contributed by atoms with E-state index in [2.05, 4.69) is 26.2 Å². The predicted octanol–water partition coefficient (Wildman–Crippen LogP) is 3.35. The molecular formula is C24H30FN5. The molecule has 1 aromatic carbocycles. The molecule has 6 heteroatoms. The van der Waals surface area contributed by atoms with Crippen molar-refractivity contribution < 1.29 is 4.39 Å². The van der Waals surface area contributed by atoms with Crippen LogP contribution >= 0.6 is 0 Å². The van der Waals surface area contributed by atoms with Crippen molar-refractivity contribution in [1.29, 1.82) is 5.26 Å². The molecule has 1 spiro atoms. The van der Waals surface area contributed by atoms with Gasteiger partial charge in [-0.15, -0.1) is 0 Å². The van der Waals surface area contributed by atoms with Gasteiger partial charge in [-0.2, -0.15) is 5.26 Å². The van der Waals surface area contributed by atoms with Crippen molar-refractivity contribution in [3.63, 3.8) is 0 Å². The molecule has 2 atom stereocenters. The number of alkyl halides is 1. The molecule has 4 heterocycles. The highest BCUT2D eigenvalue weighted by atomic mass is 19.1. The number of piperidine rings is 2. The van der Waals surface area contributed by atoms with E-state index in [0.29, 0.717) is 23.0 Å². The third-order valence-electron chi connectivity index (χ3n) is 7.64. The summed E-state index contributed by atoms with van der Waals surface area (Å²) >= 11 is 0. The van der Waals surface area contributed by atoms with Crippen LogP contribution < -0.4 is 10.2 Å². The molecular weight excluding hydrogens is 377 g/mol. The minimum atomic E-state index is -0.817. The summed E-state index contributed by atoms with van der Waals surface area (Å²) in [5.74, 6) is 0.0365. The van der Waals surface area contributed by atoms with Gasteiger partial charge in [0.1, 0.15) is 12.2 Å². The van der Waals surface area contributed by atoms with E-state index in [9.17, 15) is 5.26 Å². The highest BCUT2D eigenvalue weighted by molar-refractivity contribution is 5.95. The maximum Gasteiger partial charge on any atom is 0.123 e. The summed E-state index contributed by atoms with van der Waals surface area (Å²) in [6.45, 7) is 6.50. The Hall–Kier alpha value is -2.23. The van der Waals surface area contributed by atoms with Crippen LogP contribution in [0, 0.1) is 22.7 Å². The molecule has 1 aromatic heterocycles. The second kappa shape index (κ2) is 8.13. The van der Waals surface area contributed by atoms with Crippen LogP contribution in [0.3, 0.4) is 0 Å². The van der Waals surface area contributed by atoms with Gasteiger partial charge < -0.3 is 15.1 Å². The number of pyridine rings is 1. The van der Waals surface area contributed by atoms with Gasteiger partial charge in [0.05, 0.1) is 11.1 Å². The Balaban J connectivity index is 1.26. The molecule has 0 aliphatic carbocycles. The zero-order valence-corrected chi connectivity index (χ0v) is 17.5. The van der Waals surface area contributed by atoms with Crippen molar-refractivity contribution in [3.8, 4) is 6.07 Å². The van der Waals surface area contributed by atoms with E-state index in [1.807, 2.05) is 24.3 Å². The molecule has 2 aromatic rings. The Labute approximate surface area is 177 Å². The molecule has 158 valence electrons. The van der Waals surface area contributed by atoms with Crippen LogP contribution in [-0.4, -0.2) is 61.9 Å². The third kappa shape index (κ3) is 3.66. The van der Waals surface area contributed by atoms with Crippen molar-refractivity contribution in [2.75, 3.05) is 50.7 Å². The molecule has 3 fully saturated rings. The van der Waals surface area contributed by atoms with Gasteiger partial charge in [-0.25, -0.2) is 4.39 Å². The van der Waals surface area contributed by atoms with E-state index in [1.165, 1.54) is 25.7 Å². The van der Waals surface area contributed by atoms with Crippen molar-refractivity contribution in [2.24, 2.45) is 11.3 Å². The van der Waals surface area contributed by atoms with E-state index in [-0.39, 0.29) is 5.92 Å². The largest absolute Gasteiger partial charge is 0.368 e. The number of rotatable bonds is 3. The number of hydrogen-bond donors (Lipinski definition) is 1. The predicted molar refractivity (Wildman–Crippen MR) is 117 cm³/mol. The molecule has 1 unspecified atom stereocenters. The maximum atomic E-state index is 15.0. The standard InChI is InChI=1S/C24H30FN5/c25-21-17-30(22-4-3-18(14-26)23-20(22)2-1-9-28-23)16-19(21)15-29-12-7-24(8-13-29)5-10-27-11-6-24/h1-4,9,19,21,27H,5-8,10-13,15-17H2/t19-,21?/m0/s1. The summed E-state index contributed by atoms with van der Waals surface area (Å²) in [6.07, 6.45) is 6.00. The van der Waals surface area contributed by atoms with Gasteiger partial charge in [0, 0.05) is 42.8 Å². The number of aromatic nitrogens is 1. The first kappa shape index (κ1) is 19.7. The fraction of sp³-hybridized carbons (Fsp3) is 0.583. The summed E-state index contributed by atoms with van der Waals surface area (Å²) < 4.78 is 15.0. The number of nitriles is 1. The van der Waals surface area contributed by atoms with E-state index in [4.69, 9.17) is 0 Å². The number of hydrogen-bond acceptors (Lipinski definition) is 5. The van der Waals surface area contributed by atoms with Crippen molar-refractivity contribution in [2.45, 2.75) is 31.9 Å². The molecule has 1 N–H and O–H groups in total. The summed E-state index contributed by atoms with van der Waals surface area (Å²) in [7, 11) is 0. The number of fused-ring (bicyclic) bond motifs is 1. The Morgan fingerprint density at radius 1 is 1.13 bits per heavy atom. The van der Waals surface area contributed by atoms with Crippen molar-refractivity contribution >= 4 is 16.6 Å². The molecule has 3 aliphatic heterocycles. The van der Waals surface area contributed by atoms with Crippen molar-refractivity contribution in [1.82, 2.24) is 15.2 Å². The molecule has 0 saturated carbocycles.